The maximum Gasteiger partial charge on any atom is 0.337 e. The highest BCUT2D eigenvalue weighted by atomic mass is 32.1. The van der Waals surface area contributed by atoms with Crippen molar-refractivity contribution in [1.82, 2.24) is 5.32 Å². The number of nitro benzene ring substituents is 1. The van der Waals surface area contributed by atoms with Crippen LogP contribution in [0.25, 0.3) is 0 Å². The molecule has 5 rings (SSSR count). The van der Waals surface area contributed by atoms with Gasteiger partial charge in [0, 0.05) is 51.7 Å². The Balaban J connectivity index is 1.53. The van der Waals surface area contributed by atoms with E-state index in [1.807, 2.05) is 29.6 Å². The molecule has 3 aromatic rings. The molecule has 2 heterocycles. The quantitative estimate of drug-likeness (QED) is 0.218. The van der Waals surface area contributed by atoms with Crippen LogP contribution in [0.3, 0.4) is 0 Å². The predicted octanol–water partition coefficient (Wildman–Crippen LogP) is 6.08. The summed E-state index contributed by atoms with van der Waals surface area (Å²) in [4.78, 5) is 39.8. The molecule has 2 atom stereocenters. The van der Waals surface area contributed by atoms with Crippen molar-refractivity contribution in [2.45, 2.75) is 45.1 Å². The highest BCUT2D eigenvalue weighted by Gasteiger charge is 2.42. The van der Waals surface area contributed by atoms with Gasteiger partial charge in [0.1, 0.15) is 12.4 Å². The van der Waals surface area contributed by atoms with Crippen LogP contribution in [0.5, 0.6) is 5.75 Å². The van der Waals surface area contributed by atoms with Crippen molar-refractivity contribution in [2.24, 2.45) is 0 Å². The molecule has 0 saturated heterocycles. The molecule has 0 bridgehead atoms. The largest absolute Gasteiger partial charge is 0.497 e. The van der Waals surface area contributed by atoms with Crippen LogP contribution in [0.4, 0.5) is 5.69 Å². The summed E-state index contributed by atoms with van der Waals surface area (Å²) in [6.45, 7) is 3.47. The molecule has 0 fully saturated rings. The molecule has 1 aliphatic heterocycles. The van der Waals surface area contributed by atoms with Crippen molar-refractivity contribution in [1.29, 1.82) is 0 Å². The third-order valence-corrected chi connectivity index (χ3v) is 8.32. The number of allylic oxidation sites excluding steroid dienone is 3. The van der Waals surface area contributed by atoms with Crippen LogP contribution < -0.4 is 10.1 Å². The van der Waals surface area contributed by atoms with Gasteiger partial charge in [-0.15, -0.1) is 11.3 Å². The maximum atomic E-state index is 13.7. The van der Waals surface area contributed by atoms with E-state index in [-0.39, 0.29) is 29.6 Å². The number of ketones is 1. The number of carbonyl (C=O) groups is 2. The molecule has 0 saturated carbocycles. The molecule has 0 amide bonds. The fraction of sp³-hybridized carbons (Fsp3) is 0.267. The van der Waals surface area contributed by atoms with E-state index in [2.05, 4.69) is 5.32 Å². The van der Waals surface area contributed by atoms with Gasteiger partial charge in [0.05, 0.1) is 17.6 Å². The minimum Gasteiger partial charge on any atom is -0.497 e. The Hall–Kier alpha value is -4.24. The van der Waals surface area contributed by atoms with Crippen molar-refractivity contribution in [3.63, 3.8) is 0 Å². The molecular weight excluding hydrogens is 516 g/mol. The van der Waals surface area contributed by atoms with Gasteiger partial charge in [0.2, 0.25) is 0 Å². The Kier molecular flexibility index (Phi) is 7.34. The number of nitrogens with one attached hydrogen (secondary N) is 1. The summed E-state index contributed by atoms with van der Waals surface area (Å²) >= 11 is 1.62. The first-order valence-electron chi connectivity index (χ1n) is 12.6. The van der Waals surface area contributed by atoms with Crippen LogP contribution in [0.15, 0.2) is 82.5 Å². The average Bonchev–Trinajstić information content (AvgIpc) is 3.46. The van der Waals surface area contributed by atoms with Gasteiger partial charge in [-0.3, -0.25) is 14.9 Å². The van der Waals surface area contributed by atoms with E-state index in [0.29, 0.717) is 41.0 Å². The Labute approximate surface area is 230 Å². The number of thiophene rings is 1. The number of carbonyl (C=O) groups excluding carboxylic acids is 2. The van der Waals surface area contributed by atoms with Crippen LogP contribution in [-0.2, 0) is 20.9 Å². The summed E-state index contributed by atoms with van der Waals surface area (Å²) in [6.07, 6.45) is 0.913. The van der Waals surface area contributed by atoms with Crippen LogP contribution in [0, 0.1) is 17.0 Å². The number of benzene rings is 2. The van der Waals surface area contributed by atoms with Crippen molar-refractivity contribution in [3.8, 4) is 5.75 Å². The lowest BCUT2D eigenvalue weighted by atomic mass is 9.72. The Morgan fingerprint density at radius 2 is 1.90 bits per heavy atom. The van der Waals surface area contributed by atoms with Crippen molar-refractivity contribution in [2.75, 3.05) is 7.11 Å². The van der Waals surface area contributed by atoms with Gasteiger partial charge in [-0.05, 0) is 55.0 Å². The normalized spacial score (nSPS) is 18.9. The second-order valence-electron chi connectivity index (χ2n) is 9.76. The second-order valence-corrected chi connectivity index (χ2v) is 10.7. The molecule has 8 nitrogen and oxygen atoms in total. The first-order chi connectivity index (χ1) is 18.8. The van der Waals surface area contributed by atoms with Crippen molar-refractivity contribution in [3.05, 3.63) is 114 Å². The minimum absolute atomic E-state index is 0.0284. The third kappa shape index (κ3) is 5.22. The number of dihydropyridines is 1. The van der Waals surface area contributed by atoms with Crippen LogP contribution in [0.1, 0.15) is 53.2 Å². The number of hydrogen-bond donors (Lipinski definition) is 1. The van der Waals surface area contributed by atoms with Crippen molar-refractivity contribution >= 4 is 28.8 Å². The zero-order valence-corrected chi connectivity index (χ0v) is 22.7. The number of nitro groups is 1. The Morgan fingerprint density at radius 1 is 1.13 bits per heavy atom. The second kappa shape index (κ2) is 10.9. The van der Waals surface area contributed by atoms with Crippen molar-refractivity contribution < 1.29 is 24.0 Å². The van der Waals surface area contributed by atoms with Crippen LogP contribution in [-0.4, -0.2) is 23.8 Å². The molecule has 1 aliphatic carbocycles. The molecule has 0 radical (unpaired) electrons. The summed E-state index contributed by atoms with van der Waals surface area (Å²) in [5.74, 6) is -0.710. The maximum absolute atomic E-state index is 13.7. The number of aryl methyl sites for hydroxylation is 1. The molecule has 39 heavy (non-hydrogen) atoms. The standard InChI is InChI=1S/C30H28N2O6S/c1-17-6-9-20(14-24(17)32(35)36)28-27(30(34)38-16-19-7-10-22(37-3)11-8-19)18(2)31-23-13-21(15-25(33)29(23)28)26-5-4-12-39-26/h4-12,14,21,28,31H,13,15-16H2,1-3H3/t21-,28+/m1/s1. The number of methoxy groups -OCH3 is 1. The average molecular weight is 545 g/mol. The highest BCUT2D eigenvalue weighted by molar-refractivity contribution is 7.10. The summed E-state index contributed by atoms with van der Waals surface area (Å²) in [6, 6.07) is 16.1. The number of esters is 1. The number of nitrogens with zero attached hydrogens (tertiary/aromatic N) is 1. The lowest BCUT2D eigenvalue weighted by molar-refractivity contribution is -0.385. The van der Waals surface area contributed by atoms with Gasteiger partial charge < -0.3 is 14.8 Å². The van der Waals surface area contributed by atoms with E-state index in [9.17, 15) is 19.7 Å². The van der Waals surface area contributed by atoms with Gasteiger partial charge >= 0.3 is 5.97 Å². The number of ether oxygens (including phenoxy) is 2. The van der Waals surface area contributed by atoms with E-state index >= 15 is 0 Å². The molecule has 1 aromatic heterocycles. The van der Waals surface area contributed by atoms with Gasteiger partial charge in [-0.25, -0.2) is 4.79 Å². The van der Waals surface area contributed by atoms with Gasteiger partial charge in [0.25, 0.3) is 5.69 Å². The number of hydrogen-bond acceptors (Lipinski definition) is 8. The van der Waals surface area contributed by atoms with E-state index in [1.165, 1.54) is 6.07 Å². The van der Waals surface area contributed by atoms with E-state index in [0.717, 1.165) is 16.1 Å². The molecule has 9 heteroatoms. The molecule has 0 unspecified atom stereocenters. The third-order valence-electron chi connectivity index (χ3n) is 7.29. The Bertz CT molecular complexity index is 1500. The number of rotatable bonds is 7. The van der Waals surface area contributed by atoms with Gasteiger partial charge in [0.15, 0.2) is 5.78 Å². The van der Waals surface area contributed by atoms with E-state index in [4.69, 9.17) is 9.47 Å². The first kappa shape index (κ1) is 26.4. The summed E-state index contributed by atoms with van der Waals surface area (Å²) < 4.78 is 10.9. The minimum atomic E-state index is -0.777. The zero-order valence-electron chi connectivity index (χ0n) is 21.9. The molecule has 2 aliphatic rings. The number of Topliss-reactive ketones (excluding diaryl/α,β-unsaturated/α-hetero) is 1. The lowest BCUT2D eigenvalue weighted by Crippen LogP contribution is -2.36. The smallest absolute Gasteiger partial charge is 0.337 e. The summed E-state index contributed by atoms with van der Waals surface area (Å²) in [7, 11) is 1.58. The zero-order chi connectivity index (χ0) is 27.7. The van der Waals surface area contributed by atoms with Gasteiger partial charge in [-0.1, -0.05) is 30.3 Å². The summed E-state index contributed by atoms with van der Waals surface area (Å²) in [5.41, 5.74) is 3.82. The molecule has 0 spiro atoms. The molecule has 1 N–H and O–H groups in total. The highest BCUT2D eigenvalue weighted by Crippen LogP contribution is 2.47. The topological polar surface area (TPSA) is 108 Å². The molecular formula is C30H28N2O6S. The van der Waals surface area contributed by atoms with Crippen LogP contribution in [0.2, 0.25) is 0 Å². The first-order valence-corrected chi connectivity index (χ1v) is 13.5. The SMILES string of the molecule is COc1ccc(COC(=O)C2=C(C)NC3=C(C(=O)C[C@H](c4cccs4)C3)[C@H]2c2ccc(C)c([N+](=O)[O-])c2)cc1. The predicted molar refractivity (Wildman–Crippen MR) is 148 cm³/mol. The summed E-state index contributed by atoms with van der Waals surface area (Å²) in [5, 5.41) is 17.1. The monoisotopic (exact) mass is 544 g/mol. The fourth-order valence-corrected chi connectivity index (χ4v) is 6.15. The van der Waals surface area contributed by atoms with Gasteiger partial charge in [-0.2, -0.15) is 0 Å². The fourth-order valence-electron chi connectivity index (χ4n) is 5.32. The molecule has 200 valence electrons. The lowest BCUT2D eigenvalue weighted by Gasteiger charge is -2.36. The van der Waals surface area contributed by atoms with E-state index < -0.39 is 16.8 Å². The molecule has 2 aromatic carbocycles. The van der Waals surface area contributed by atoms with E-state index in [1.54, 1.807) is 56.6 Å². The van der Waals surface area contributed by atoms with Crippen LogP contribution >= 0.6 is 11.3 Å². The Morgan fingerprint density at radius 3 is 2.56 bits per heavy atom.